The minimum atomic E-state index is -0.454. The summed E-state index contributed by atoms with van der Waals surface area (Å²) in [4.78, 5) is 40.3. The second-order valence-corrected chi connectivity index (χ2v) is 7.65. The number of likely N-dealkylation sites (tertiary alicyclic amines) is 1. The zero-order valence-electron chi connectivity index (χ0n) is 17.4. The maximum Gasteiger partial charge on any atom is 0.273 e. The maximum atomic E-state index is 13.2. The van der Waals surface area contributed by atoms with Gasteiger partial charge in [0.05, 0.1) is 4.92 Å². The highest BCUT2D eigenvalue weighted by atomic mass is 16.6. The molecule has 2 amide bonds. The highest BCUT2D eigenvalue weighted by molar-refractivity contribution is 5.95. The lowest BCUT2D eigenvalue weighted by Gasteiger charge is -2.38. The van der Waals surface area contributed by atoms with E-state index in [9.17, 15) is 19.7 Å². The monoisotopic (exact) mass is 409 g/mol. The molecule has 1 aliphatic heterocycles. The van der Waals surface area contributed by atoms with Crippen LogP contribution in [0.5, 0.6) is 0 Å². The number of piperidine rings is 1. The minimum absolute atomic E-state index is 0.0107. The van der Waals surface area contributed by atoms with Crippen molar-refractivity contribution in [1.29, 1.82) is 0 Å². The van der Waals surface area contributed by atoms with Gasteiger partial charge in [-0.2, -0.15) is 0 Å². The van der Waals surface area contributed by atoms with Crippen LogP contribution in [0, 0.1) is 17.0 Å². The number of carbonyl (C=O) groups excluding carboxylic acids is 2. The van der Waals surface area contributed by atoms with Crippen molar-refractivity contribution >= 4 is 17.5 Å². The van der Waals surface area contributed by atoms with Crippen LogP contribution in [0.4, 0.5) is 5.69 Å². The molecule has 0 atom stereocenters. The van der Waals surface area contributed by atoms with Gasteiger partial charge in [0.1, 0.15) is 0 Å². The summed E-state index contributed by atoms with van der Waals surface area (Å²) < 4.78 is 0. The Morgan fingerprint density at radius 3 is 2.37 bits per heavy atom. The van der Waals surface area contributed by atoms with Crippen LogP contribution in [0.25, 0.3) is 0 Å². The smallest absolute Gasteiger partial charge is 0.273 e. The van der Waals surface area contributed by atoms with E-state index in [4.69, 9.17) is 0 Å². The first-order valence-electron chi connectivity index (χ1n) is 10.3. The average Bonchev–Trinajstić information content (AvgIpc) is 2.77. The Balaban J connectivity index is 1.71. The summed E-state index contributed by atoms with van der Waals surface area (Å²) in [5, 5.41) is 11.3. The number of nitrogens with zero attached hydrogens (tertiary/aromatic N) is 3. The molecule has 7 nitrogen and oxygen atoms in total. The van der Waals surface area contributed by atoms with Crippen molar-refractivity contribution in [1.82, 2.24) is 9.80 Å². The molecule has 0 unspecified atom stereocenters. The van der Waals surface area contributed by atoms with Gasteiger partial charge in [-0.1, -0.05) is 31.2 Å². The molecule has 0 spiro atoms. The van der Waals surface area contributed by atoms with E-state index in [1.165, 1.54) is 6.07 Å². The largest absolute Gasteiger partial charge is 0.338 e. The summed E-state index contributed by atoms with van der Waals surface area (Å²) in [7, 11) is 0. The van der Waals surface area contributed by atoms with Crippen molar-refractivity contribution < 1.29 is 14.5 Å². The van der Waals surface area contributed by atoms with Crippen LogP contribution >= 0.6 is 0 Å². The lowest BCUT2D eigenvalue weighted by atomic mass is 10.00. The van der Waals surface area contributed by atoms with Crippen LogP contribution in [-0.4, -0.2) is 52.2 Å². The van der Waals surface area contributed by atoms with E-state index in [0.717, 1.165) is 6.42 Å². The highest BCUT2D eigenvalue weighted by Gasteiger charge is 2.30. The Hall–Kier alpha value is -3.22. The molecule has 7 heteroatoms. The molecule has 1 heterocycles. The highest BCUT2D eigenvalue weighted by Crippen LogP contribution is 2.24. The molecule has 0 bridgehead atoms. The average molecular weight is 409 g/mol. The molecule has 3 rings (SSSR count). The van der Waals surface area contributed by atoms with Crippen LogP contribution < -0.4 is 0 Å². The van der Waals surface area contributed by atoms with Gasteiger partial charge < -0.3 is 9.80 Å². The Morgan fingerprint density at radius 1 is 1.10 bits per heavy atom. The summed E-state index contributed by atoms with van der Waals surface area (Å²) in [6, 6.07) is 13.9. The van der Waals surface area contributed by atoms with Gasteiger partial charge >= 0.3 is 0 Å². The van der Waals surface area contributed by atoms with Crippen LogP contribution in [0.1, 0.15) is 52.5 Å². The van der Waals surface area contributed by atoms with Gasteiger partial charge in [-0.05, 0) is 44.4 Å². The van der Waals surface area contributed by atoms with Crippen LogP contribution in [0.15, 0.2) is 48.5 Å². The van der Waals surface area contributed by atoms with Gasteiger partial charge in [0.25, 0.3) is 17.5 Å². The van der Waals surface area contributed by atoms with E-state index < -0.39 is 4.92 Å². The van der Waals surface area contributed by atoms with E-state index in [0.29, 0.717) is 49.2 Å². The minimum Gasteiger partial charge on any atom is -0.338 e. The number of aryl methyl sites for hydroxylation is 1. The van der Waals surface area contributed by atoms with Crippen LogP contribution in [0.2, 0.25) is 0 Å². The number of hydrogen-bond donors (Lipinski definition) is 0. The van der Waals surface area contributed by atoms with Gasteiger partial charge in [0.2, 0.25) is 0 Å². The van der Waals surface area contributed by atoms with Crippen molar-refractivity contribution in [2.24, 2.45) is 0 Å². The van der Waals surface area contributed by atoms with E-state index >= 15 is 0 Å². The van der Waals surface area contributed by atoms with Crippen molar-refractivity contribution in [2.75, 3.05) is 19.6 Å². The third kappa shape index (κ3) is 4.67. The molecule has 0 saturated carbocycles. The zero-order valence-corrected chi connectivity index (χ0v) is 17.4. The molecule has 0 radical (unpaired) electrons. The molecule has 2 aromatic carbocycles. The number of rotatable bonds is 6. The Bertz CT molecular complexity index is 921. The molecule has 158 valence electrons. The summed E-state index contributed by atoms with van der Waals surface area (Å²) in [6.45, 7) is 5.42. The molecule has 2 aromatic rings. The number of carbonyl (C=O) groups is 2. The molecule has 1 fully saturated rings. The lowest BCUT2D eigenvalue weighted by molar-refractivity contribution is -0.385. The molecule has 0 N–H and O–H groups in total. The van der Waals surface area contributed by atoms with Gasteiger partial charge in [-0.3, -0.25) is 19.7 Å². The SMILES string of the molecule is CCCN(C(=O)c1ccc(C)c([N+](=O)[O-])c1)C1CCN(C(=O)c2ccccc2)CC1. The second-order valence-electron chi connectivity index (χ2n) is 7.65. The Morgan fingerprint density at radius 2 is 1.77 bits per heavy atom. The quantitative estimate of drug-likeness (QED) is 0.532. The van der Waals surface area contributed by atoms with E-state index in [-0.39, 0.29) is 23.5 Å². The number of amides is 2. The first kappa shape index (κ1) is 21.5. The van der Waals surface area contributed by atoms with Gasteiger partial charge in [-0.15, -0.1) is 0 Å². The third-order valence-corrected chi connectivity index (χ3v) is 5.59. The fraction of sp³-hybridized carbons (Fsp3) is 0.391. The van der Waals surface area contributed by atoms with Gasteiger partial charge in [0.15, 0.2) is 0 Å². The number of nitro groups is 1. The lowest BCUT2D eigenvalue weighted by Crippen LogP contribution is -2.49. The summed E-state index contributed by atoms with van der Waals surface area (Å²) in [6.07, 6.45) is 2.18. The van der Waals surface area contributed by atoms with E-state index in [1.807, 2.05) is 47.1 Å². The van der Waals surface area contributed by atoms with E-state index in [2.05, 4.69) is 0 Å². The summed E-state index contributed by atoms with van der Waals surface area (Å²) in [5.74, 6) is -0.177. The number of hydrogen-bond acceptors (Lipinski definition) is 4. The first-order chi connectivity index (χ1) is 14.4. The van der Waals surface area contributed by atoms with Gasteiger partial charge in [-0.25, -0.2) is 0 Å². The first-order valence-corrected chi connectivity index (χ1v) is 10.3. The second kappa shape index (κ2) is 9.52. The Labute approximate surface area is 176 Å². The normalized spacial score (nSPS) is 14.4. The zero-order chi connectivity index (χ0) is 21.7. The van der Waals surface area contributed by atoms with Crippen LogP contribution in [-0.2, 0) is 0 Å². The summed E-state index contributed by atoms with van der Waals surface area (Å²) in [5.41, 5.74) is 1.50. The topological polar surface area (TPSA) is 83.8 Å². The predicted molar refractivity (Wildman–Crippen MR) is 115 cm³/mol. The molecule has 30 heavy (non-hydrogen) atoms. The molecular weight excluding hydrogens is 382 g/mol. The van der Waals surface area contributed by atoms with Crippen LogP contribution in [0.3, 0.4) is 0 Å². The Kier molecular flexibility index (Phi) is 6.82. The van der Waals surface area contributed by atoms with Crippen molar-refractivity contribution in [3.63, 3.8) is 0 Å². The third-order valence-electron chi connectivity index (χ3n) is 5.59. The molecule has 0 aromatic heterocycles. The van der Waals surface area contributed by atoms with Gasteiger partial charge in [0, 0.05) is 48.4 Å². The number of nitro benzene ring substituents is 1. The fourth-order valence-corrected chi connectivity index (χ4v) is 3.94. The fourth-order valence-electron chi connectivity index (χ4n) is 3.94. The molecule has 1 saturated heterocycles. The van der Waals surface area contributed by atoms with E-state index in [1.54, 1.807) is 19.1 Å². The van der Waals surface area contributed by atoms with Crippen molar-refractivity contribution in [3.05, 3.63) is 75.3 Å². The number of benzene rings is 2. The standard InChI is InChI=1S/C23H27N3O4/c1-3-13-25(23(28)19-10-9-17(2)21(16-19)26(29)30)20-11-14-24(15-12-20)22(27)18-7-5-4-6-8-18/h4-10,16,20H,3,11-15H2,1-2H3. The van der Waals surface area contributed by atoms with Crippen molar-refractivity contribution in [3.8, 4) is 0 Å². The predicted octanol–water partition coefficient (Wildman–Crippen LogP) is 4.06. The molecule has 0 aliphatic carbocycles. The maximum absolute atomic E-state index is 13.2. The van der Waals surface area contributed by atoms with Crippen molar-refractivity contribution in [2.45, 2.75) is 39.2 Å². The molecular formula is C23H27N3O4. The molecule has 1 aliphatic rings. The summed E-state index contributed by atoms with van der Waals surface area (Å²) >= 11 is 0.